The second kappa shape index (κ2) is 18.1. The zero-order valence-corrected chi connectivity index (χ0v) is 31.1. The summed E-state index contributed by atoms with van der Waals surface area (Å²) in [6.07, 6.45) is -9.84. The van der Waals surface area contributed by atoms with Crippen LogP contribution in [0, 0.1) is 0 Å². The van der Waals surface area contributed by atoms with E-state index >= 15 is 0 Å². The van der Waals surface area contributed by atoms with Gasteiger partial charge in [-0.3, -0.25) is 33.5 Å². The average molecular weight is 792 g/mol. The number of aliphatic hydroxyl groups excluding tert-OH is 2. The normalized spacial score (nSPS) is 28.0. The number of amides is 3. The minimum atomic E-state index is -1.92. The van der Waals surface area contributed by atoms with Crippen LogP contribution in [-0.4, -0.2) is 106 Å². The molecular weight excluding hydrogens is 746 g/mol. The number of aromatic amines is 1. The SMILES string of the molecule is COC1C(C(OC2OC(C(=O)NC3CCCC(C)NC3=O)=CC(O)C2O)C(N)=O)OC(n2ccc(=O)[nH]c2=O)C1OC(=O)CC(c1ccccc1)c1ccccc1. The summed E-state index contributed by atoms with van der Waals surface area (Å²) in [5.41, 5.74) is 5.78. The summed E-state index contributed by atoms with van der Waals surface area (Å²) < 4.78 is 30.3. The maximum absolute atomic E-state index is 13.9. The zero-order chi connectivity index (χ0) is 40.8. The first kappa shape index (κ1) is 41.0. The summed E-state index contributed by atoms with van der Waals surface area (Å²) in [5.74, 6) is -4.21. The van der Waals surface area contributed by atoms with Crippen molar-refractivity contribution in [3.8, 4) is 0 Å². The Morgan fingerprint density at radius 2 is 1.65 bits per heavy atom. The number of benzene rings is 2. The smallest absolute Gasteiger partial charge is 0.330 e. The predicted octanol–water partition coefficient (Wildman–Crippen LogP) is -0.411. The molecule has 10 unspecified atom stereocenters. The van der Waals surface area contributed by atoms with E-state index in [1.54, 1.807) is 0 Å². The van der Waals surface area contributed by atoms with E-state index in [9.17, 15) is 39.0 Å². The van der Waals surface area contributed by atoms with Crippen LogP contribution in [0.5, 0.6) is 0 Å². The van der Waals surface area contributed by atoms with Crippen LogP contribution in [0.4, 0.5) is 0 Å². The number of nitrogens with zero attached hydrogens (tertiary/aromatic N) is 1. The van der Waals surface area contributed by atoms with Gasteiger partial charge in [0.1, 0.15) is 30.5 Å². The summed E-state index contributed by atoms with van der Waals surface area (Å²) in [4.78, 5) is 80.1. The van der Waals surface area contributed by atoms with E-state index in [4.69, 9.17) is 29.4 Å². The topological polar surface area (TPSA) is 260 Å². The molecule has 3 aliphatic heterocycles. The van der Waals surface area contributed by atoms with Gasteiger partial charge >= 0.3 is 11.7 Å². The highest BCUT2D eigenvalue weighted by Crippen LogP contribution is 2.37. The number of methoxy groups -OCH3 is 1. The van der Waals surface area contributed by atoms with Gasteiger partial charge in [0.15, 0.2) is 24.2 Å². The van der Waals surface area contributed by atoms with Gasteiger partial charge in [-0.2, -0.15) is 0 Å². The first-order chi connectivity index (χ1) is 27.3. The summed E-state index contributed by atoms with van der Waals surface area (Å²) in [6, 6.07) is 18.5. The number of aromatic nitrogens is 2. The highest BCUT2D eigenvalue weighted by atomic mass is 16.7. The summed E-state index contributed by atoms with van der Waals surface area (Å²) in [6.45, 7) is 1.84. The van der Waals surface area contributed by atoms with Crippen molar-refractivity contribution in [2.24, 2.45) is 5.73 Å². The highest BCUT2D eigenvalue weighted by Gasteiger charge is 2.55. The first-order valence-corrected chi connectivity index (χ1v) is 18.4. The molecule has 0 spiro atoms. The van der Waals surface area contributed by atoms with Crippen molar-refractivity contribution < 1.29 is 53.1 Å². The number of H-pyrrole nitrogens is 1. The van der Waals surface area contributed by atoms with Crippen LogP contribution >= 0.6 is 0 Å². The van der Waals surface area contributed by atoms with Crippen LogP contribution in [-0.2, 0) is 42.9 Å². The van der Waals surface area contributed by atoms with Crippen molar-refractivity contribution in [2.45, 2.75) is 99.8 Å². The number of hydrogen-bond acceptors (Lipinski definition) is 13. The predicted molar refractivity (Wildman–Crippen MR) is 198 cm³/mol. The average Bonchev–Trinajstić information content (AvgIpc) is 3.45. The number of aliphatic hydroxyl groups is 2. The van der Waals surface area contributed by atoms with Gasteiger partial charge < -0.3 is 50.3 Å². The third kappa shape index (κ3) is 9.49. The third-order valence-electron chi connectivity index (χ3n) is 10.1. The Kier molecular flexibility index (Phi) is 13.0. The number of nitrogens with two attached hydrogens (primary N) is 1. The van der Waals surface area contributed by atoms with Crippen LogP contribution < -0.4 is 27.6 Å². The lowest BCUT2D eigenvalue weighted by atomic mass is 9.88. The molecule has 0 saturated carbocycles. The molecule has 2 saturated heterocycles. The maximum Gasteiger partial charge on any atom is 0.330 e. The molecule has 18 nitrogen and oxygen atoms in total. The van der Waals surface area contributed by atoms with Crippen molar-refractivity contribution >= 4 is 23.7 Å². The molecule has 3 aromatic rings. The number of primary amides is 1. The van der Waals surface area contributed by atoms with E-state index in [1.165, 1.54) is 7.11 Å². The molecule has 1 aromatic heterocycles. The lowest BCUT2D eigenvalue weighted by Gasteiger charge is -2.35. The number of rotatable bonds is 13. The Hall–Kier alpha value is -5.66. The summed E-state index contributed by atoms with van der Waals surface area (Å²) in [5, 5.41) is 26.9. The van der Waals surface area contributed by atoms with E-state index in [0.29, 0.717) is 19.3 Å². The molecule has 4 heterocycles. The summed E-state index contributed by atoms with van der Waals surface area (Å²) >= 11 is 0. The zero-order valence-electron chi connectivity index (χ0n) is 31.1. The minimum absolute atomic E-state index is 0.0928. The Labute approximate surface area is 325 Å². The molecule has 3 amide bonds. The Morgan fingerprint density at radius 3 is 2.26 bits per heavy atom. The molecule has 7 N–H and O–H groups in total. The second-order valence-electron chi connectivity index (χ2n) is 14.1. The van der Waals surface area contributed by atoms with E-state index in [1.807, 2.05) is 67.6 Å². The first-order valence-electron chi connectivity index (χ1n) is 18.4. The van der Waals surface area contributed by atoms with E-state index in [-0.39, 0.29) is 12.5 Å². The van der Waals surface area contributed by atoms with Gasteiger partial charge in [-0.05, 0) is 43.4 Å². The highest BCUT2D eigenvalue weighted by molar-refractivity contribution is 5.95. The number of ether oxygens (including phenoxy) is 5. The lowest BCUT2D eigenvalue weighted by molar-refractivity contribution is -0.241. The van der Waals surface area contributed by atoms with Crippen molar-refractivity contribution in [2.75, 3.05) is 7.11 Å². The molecule has 0 radical (unpaired) electrons. The van der Waals surface area contributed by atoms with Crippen LogP contribution in [0.15, 0.2) is 94.4 Å². The van der Waals surface area contributed by atoms with Crippen LogP contribution in [0.1, 0.15) is 55.9 Å². The van der Waals surface area contributed by atoms with Gasteiger partial charge in [0, 0.05) is 31.3 Å². The molecule has 3 aliphatic rings. The third-order valence-corrected chi connectivity index (χ3v) is 10.1. The number of carbonyl (C=O) groups excluding carboxylic acids is 4. The Bertz CT molecular complexity index is 2020. The van der Waals surface area contributed by atoms with Crippen molar-refractivity contribution in [1.82, 2.24) is 20.2 Å². The monoisotopic (exact) mass is 791 g/mol. The number of hydrogen-bond donors (Lipinski definition) is 6. The summed E-state index contributed by atoms with van der Waals surface area (Å²) in [7, 11) is 1.22. The Balaban J connectivity index is 1.26. The molecule has 2 fully saturated rings. The molecule has 2 aromatic carbocycles. The Morgan fingerprint density at radius 1 is 0.982 bits per heavy atom. The van der Waals surface area contributed by atoms with Gasteiger partial charge in [0.2, 0.25) is 18.1 Å². The molecule has 0 aliphatic carbocycles. The van der Waals surface area contributed by atoms with Gasteiger partial charge in [0.25, 0.3) is 11.5 Å². The number of nitrogens with one attached hydrogen (secondary N) is 3. The number of carbonyl (C=O) groups is 4. The quantitative estimate of drug-likeness (QED) is 0.121. The van der Waals surface area contributed by atoms with Gasteiger partial charge in [-0.25, -0.2) is 4.79 Å². The van der Waals surface area contributed by atoms with Gasteiger partial charge in [-0.15, -0.1) is 0 Å². The fraction of sp³-hybridized carbons (Fsp3) is 0.436. The molecule has 10 atom stereocenters. The maximum atomic E-state index is 13.9. The van der Waals surface area contributed by atoms with Crippen LogP contribution in [0.3, 0.4) is 0 Å². The largest absolute Gasteiger partial charge is 0.456 e. The molecule has 6 rings (SSSR count). The van der Waals surface area contributed by atoms with Crippen molar-refractivity contribution in [3.05, 3.63) is 117 Å². The standard InChI is InChI=1S/C39H45N5O13/c1-20-10-9-15-24(35(50)41-20)42-36(51)26-19-25(45)29(48)38(54-26)57-32(34(40)49)31-30(53-2)33(37(56-31)44-17-16-27(46)43-39(44)52)55-28(47)18-23(21-11-5-3-6-12-21)22-13-7-4-8-14-22/h3-8,11-14,16-17,19-20,23-25,29-33,37-38,45,48H,9-10,15,18H2,1-2H3,(H2,40,49)(H,41,50)(H,42,51)(H,43,46,52). The van der Waals surface area contributed by atoms with Gasteiger partial charge in [-0.1, -0.05) is 60.7 Å². The molecule has 57 heavy (non-hydrogen) atoms. The van der Waals surface area contributed by atoms with Crippen molar-refractivity contribution in [3.63, 3.8) is 0 Å². The van der Waals surface area contributed by atoms with Crippen molar-refractivity contribution in [1.29, 1.82) is 0 Å². The molecular formula is C39H45N5O13. The van der Waals surface area contributed by atoms with E-state index in [0.717, 1.165) is 34.0 Å². The van der Waals surface area contributed by atoms with Crippen LogP contribution in [0.2, 0.25) is 0 Å². The van der Waals surface area contributed by atoms with E-state index in [2.05, 4.69) is 15.6 Å². The van der Waals surface area contributed by atoms with Gasteiger partial charge in [0.05, 0.1) is 6.42 Å². The molecule has 0 bridgehead atoms. The molecule has 18 heteroatoms. The molecule has 304 valence electrons. The fourth-order valence-corrected chi connectivity index (χ4v) is 7.20. The lowest BCUT2D eigenvalue weighted by Crippen LogP contribution is -2.54. The van der Waals surface area contributed by atoms with E-state index < -0.39 is 102 Å². The minimum Gasteiger partial charge on any atom is -0.456 e. The number of esters is 1. The fourth-order valence-electron chi connectivity index (χ4n) is 7.20. The second-order valence-corrected chi connectivity index (χ2v) is 14.1. The van der Waals surface area contributed by atoms with Crippen LogP contribution in [0.25, 0.3) is 0 Å².